The summed E-state index contributed by atoms with van der Waals surface area (Å²) in [6.07, 6.45) is 1.03. The van der Waals surface area contributed by atoms with Gasteiger partial charge in [0, 0.05) is 12.1 Å². The van der Waals surface area contributed by atoms with E-state index < -0.39 is 27.1 Å². The number of nitro groups is 2. The molecule has 0 unspecified atom stereocenters. The summed E-state index contributed by atoms with van der Waals surface area (Å²) in [6.45, 7) is 0. The van der Waals surface area contributed by atoms with Crippen LogP contribution in [0.1, 0.15) is 10.4 Å². The van der Waals surface area contributed by atoms with E-state index >= 15 is 0 Å². The maximum Gasteiger partial charge on any atom is 0.355 e. The molecule has 1 aromatic heterocycles. The Kier molecular flexibility index (Phi) is 6.78. The largest absolute Gasteiger partial charge is 0.497 e. The van der Waals surface area contributed by atoms with E-state index in [0.717, 1.165) is 12.4 Å². The molecule has 1 amide bonds. The molecular formula is C19H17N7O7. The van der Waals surface area contributed by atoms with Crippen molar-refractivity contribution in [2.75, 3.05) is 25.0 Å². The van der Waals surface area contributed by atoms with Crippen molar-refractivity contribution in [2.45, 2.75) is 0 Å². The fourth-order valence-electron chi connectivity index (χ4n) is 2.78. The summed E-state index contributed by atoms with van der Waals surface area (Å²) < 4.78 is 10.4. The molecule has 33 heavy (non-hydrogen) atoms. The molecule has 3 rings (SSSR count). The fourth-order valence-corrected chi connectivity index (χ4v) is 2.78. The molecule has 0 atom stereocenters. The van der Waals surface area contributed by atoms with Crippen LogP contribution in [0.2, 0.25) is 0 Å². The van der Waals surface area contributed by atoms with Crippen molar-refractivity contribution in [1.29, 1.82) is 0 Å². The highest BCUT2D eigenvalue weighted by Gasteiger charge is 2.26. The Morgan fingerprint density at radius 2 is 1.70 bits per heavy atom. The highest BCUT2D eigenvalue weighted by Crippen LogP contribution is 2.35. The van der Waals surface area contributed by atoms with E-state index in [9.17, 15) is 25.0 Å². The molecule has 1 heterocycles. The van der Waals surface area contributed by atoms with Crippen LogP contribution in [0.15, 0.2) is 48.8 Å². The van der Waals surface area contributed by atoms with Crippen LogP contribution in [0.4, 0.5) is 28.7 Å². The molecule has 0 aliphatic heterocycles. The van der Waals surface area contributed by atoms with E-state index in [0.29, 0.717) is 17.2 Å². The minimum atomic E-state index is -0.890. The predicted molar refractivity (Wildman–Crippen MR) is 116 cm³/mol. The van der Waals surface area contributed by atoms with Gasteiger partial charge in [0.25, 0.3) is 11.6 Å². The SMILES string of the molecule is COc1ccc(OC)c(Nc2ncnc(NNC(=O)c3ccccc3[N+](=O)[O-])c2[N+](=O)[O-])c1. The van der Waals surface area contributed by atoms with Gasteiger partial charge in [0.2, 0.25) is 11.6 Å². The molecule has 3 N–H and O–H groups in total. The predicted octanol–water partition coefficient (Wildman–Crippen LogP) is 2.81. The van der Waals surface area contributed by atoms with Crippen LogP contribution < -0.4 is 25.6 Å². The lowest BCUT2D eigenvalue weighted by Crippen LogP contribution is -2.30. The number of aromatic nitrogens is 2. The summed E-state index contributed by atoms with van der Waals surface area (Å²) in [7, 11) is 2.88. The minimum Gasteiger partial charge on any atom is -0.497 e. The Morgan fingerprint density at radius 1 is 0.970 bits per heavy atom. The molecule has 0 saturated carbocycles. The number of nitrogens with one attached hydrogen (secondary N) is 3. The van der Waals surface area contributed by atoms with Gasteiger partial charge in [-0.2, -0.15) is 0 Å². The van der Waals surface area contributed by atoms with E-state index in [1.807, 2.05) is 0 Å². The van der Waals surface area contributed by atoms with Gasteiger partial charge in [0.05, 0.1) is 29.8 Å². The third-order valence-corrected chi connectivity index (χ3v) is 4.30. The van der Waals surface area contributed by atoms with Gasteiger partial charge < -0.3 is 14.8 Å². The first kappa shape index (κ1) is 22.7. The Hall–Kier alpha value is -5.01. The first-order valence-corrected chi connectivity index (χ1v) is 9.14. The van der Waals surface area contributed by atoms with Crippen molar-refractivity contribution in [3.8, 4) is 11.5 Å². The van der Waals surface area contributed by atoms with Crippen molar-refractivity contribution in [3.05, 3.63) is 74.6 Å². The van der Waals surface area contributed by atoms with Gasteiger partial charge >= 0.3 is 5.69 Å². The number of rotatable bonds is 9. The average Bonchev–Trinajstić information content (AvgIpc) is 2.82. The first-order chi connectivity index (χ1) is 15.8. The number of nitro benzene ring substituents is 1. The highest BCUT2D eigenvalue weighted by molar-refractivity contribution is 5.98. The lowest BCUT2D eigenvalue weighted by molar-refractivity contribution is -0.385. The Balaban J connectivity index is 1.90. The molecule has 0 saturated heterocycles. The molecule has 3 aromatic rings. The molecule has 0 spiro atoms. The van der Waals surface area contributed by atoms with Crippen molar-refractivity contribution < 1.29 is 24.1 Å². The van der Waals surface area contributed by atoms with Crippen molar-refractivity contribution in [1.82, 2.24) is 15.4 Å². The third kappa shape index (κ3) is 5.01. The van der Waals surface area contributed by atoms with Gasteiger partial charge in [-0.1, -0.05) is 12.1 Å². The number of ether oxygens (including phenoxy) is 2. The topological polar surface area (TPSA) is 184 Å². The first-order valence-electron chi connectivity index (χ1n) is 9.14. The van der Waals surface area contributed by atoms with Gasteiger partial charge in [-0.05, 0) is 18.2 Å². The number of hydrogen-bond acceptors (Lipinski definition) is 11. The van der Waals surface area contributed by atoms with Crippen LogP contribution in [0.5, 0.6) is 11.5 Å². The van der Waals surface area contributed by atoms with Crippen molar-refractivity contribution in [2.24, 2.45) is 0 Å². The second-order valence-corrected chi connectivity index (χ2v) is 6.22. The summed E-state index contributed by atoms with van der Waals surface area (Å²) in [4.78, 5) is 41.5. The summed E-state index contributed by atoms with van der Waals surface area (Å²) in [5.41, 5.74) is 3.56. The van der Waals surface area contributed by atoms with Gasteiger partial charge in [0.15, 0.2) is 0 Å². The second kappa shape index (κ2) is 9.86. The van der Waals surface area contributed by atoms with E-state index in [1.165, 1.54) is 32.4 Å². The lowest BCUT2D eigenvalue weighted by Gasteiger charge is -2.13. The monoisotopic (exact) mass is 455 g/mol. The molecule has 14 nitrogen and oxygen atoms in total. The second-order valence-electron chi connectivity index (χ2n) is 6.22. The molecule has 0 fully saturated rings. The number of carbonyl (C=O) groups excluding carboxylic acids is 1. The quantitative estimate of drug-likeness (QED) is 0.318. The third-order valence-electron chi connectivity index (χ3n) is 4.30. The standard InChI is InChI=1S/C19H17N7O7/c1-32-11-7-8-15(33-2)13(9-11)22-17-16(26(30)31)18(21-10-20-17)23-24-19(27)12-5-3-4-6-14(12)25(28)29/h3-10H,1-2H3,(H,24,27)(H2,20,21,22,23). The summed E-state index contributed by atoms with van der Waals surface area (Å²) in [6, 6.07) is 10.0. The van der Waals surface area contributed by atoms with Crippen molar-refractivity contribution in [3.63, 3.8) is 0 Å². The maximum atomic E-state index is 12.4. The molecule has 0 radical (unpaired) electrons. The minimum absolute atomic E-state index is 0.205. The molecule has 2 aromatic carbocycles. The summed E-state index contributed by atoms with van der Waals surface area (Å²) in [5, 5.41) is 25.7. The van der Waals surface area contributed by atoms with E-state index in [4.69, 9.17) is 9.47 Å². The molecule has 0 aliphatic carbocycles. The number of hydrogen-bond donors (Lipinski definition) is 3. The van der Waals surface area contributed by atoms with Gasteiger partial charge in [-0.25, -0.2) is 9.97 Å². The van der Waals surface area contributed by atoms with Crippen LogP contribution in [-0.2, 0) is 0 Å². The number of nitrogens with zero attached hydrogens (tertiary/aromatic N) is 4. The van der Waals surface area contributed by atoms with Crippen LogP contribution in [-0.4, -0.2) is 39.9 Å². The number of para-hydroxylation sites is 1. The number of hydrazine groups is 1. The fraction of sp³-hybridized carbons (Fsp3) is 0.105. The molecular weight excluding hydrogens is 438 g/mol. The number of benzene rings is 2. The van der Waals surface area contributed by atoms with Gasteiger partial charge in [-0.15, -0.1) is 0 Å². The van der Waals surface area contributed by atoms with E-state index in [2.05, 4.69) is 26.1 Å². The number of anilines is 3. The lowest BCUT2D eigenvalue weighted by atomic mass is 10.2. The summed E-state index contributed by atoms with van der Waals surface area (Å²) >= 11 is 0. The van der Waals surface area contributed by atoms with Crippen LogP contribution in [0, 0.1) is 20.2 Å². The van der Waals surface area contributed by atoms with E-state index in [-0.39, 0.29) is 17.2 Å². The van der Waals surface area contributed by atoms with Crippen LogP contribution in [0.3, 0.4) is 0 Å². The smallest absolute Gasteiger partial charge is 0.355 e. The van der Waals surface area contributed by atoms with Gasteiger partial charge in [-0.3, -0.25) is 35.9 Å². The zero-order chi connectivity index (χ0) is 24.0. The Bertz CT molecular complexity index is 1220. The molecule has 0 aliphatic rings. The molecule has 170 valence electrons. The van der Waals surface area contributed by atoms with E-state index in [1.54, 1.807) is 18.2 Å². The Labute approximate surface area is 185 Å². The maximum absolute atomic E-state index is 12.4. The summed E-state index contributed by atoms with van der Waals surface area (Å²) in [5.74, 6) is -0.623. The highest BCUT2D eigenvalue weighted by atomic mass is 16.6. The normalized spacial score (nSPS) is 10.1. The van der Waals surface area contributed by atoms with Crippen LogP contribution in [0.25, 0.3) is 0 Å². The zero-order valence-corrected chi connectivity index (χ0v) is 17.3. The van der Waals surface area contributed by atoms with Crippen LogP contribution >= 0.6 is 0 Å². The number of carbonyl (C=O) groups is 1. The number of methoxy groups -OCH3 is 2. The van der Waals surface area contributed by atoms with Gasteiger partial charge in [0.1, 0.15) is 23.4 Å². The number of amides is 1. The molecule has 14 heteroatoms. The molecule has 0 bridgehead atoms. The average molecular weight is 455 g/mol. The Morgan fingerprint density at radius 3 is 2.36 bits per heavy atom. The van der Waals surface area contributed by atoms with Crippen molar-refractivity contribution >= 4 is 34.6 Å². The zero-order valence-electron chi connectivity index (χ0n) is 17.3.